The summed E-state index contributed by atoms with van der Waals surface area (Å²) in [5.41, 5.74) is 6.13. The Morgan fingerprint density at radius 1 is 1.14 bits per heavy atom. The Balaban J connectivity index is 1.66. The first-order valence-corrected chi connectivity index (χ1v) is 8.25. The molecule has 2 aromatic heterocycles. The van der Waals surface area contributed by atoms with Crippen molar-refractivity contribution in [2.45, 2.75) is 8.68 Å². The minimum atomic E-state index is -0.157. The number of hydrogen-bond acceptors (Lipinski definition) is 8. The Morgan fingerprint density at radius 2 is 1.95 bits per heavy atom. The van der Waals surface area contributed by atoms with E-state index in [0.29, 0.717) is 15.7 Å². The molecular formula is C12H9N5OS3. The van der Waals surface area contributed by atoms with Crippen molar-refractivity contribution in [1.82, 2.24) is 15.2 Å². The van der Waals surface area contributed by atoms with Crippen molar-refractivity contribution in [2.24, 2.45) is 0 Å². The van der Waals surface area contributed by atoms with Gasteiger partial charge in [0, 0.05) is 5.56 Å². The molecule has 0 radical (unpaired) electrons. The molecule has 0 saturated carbocycles. The number of anilines is 2. The number of aromatic nitrogens is 3. The first-order valence-electron chi connectivity index (χ1n) is 5.80. The van der Waals surface area contributed by atoms with Gasteiger partial charge in [-0.05, 0) is 23.9 Å². The second-order valence-electron chi connectivity index (χ2n) is 3.82. The maximum Gasteiger partial charge on any atom is 0.256 e. The summed E-state index contributed by atoms with van der Waals surface area (Å²) in [5, 5.41) is 11.6. The van der Waals surface area contributed by atoms with Gasteiger partial charge >= 0.3 is 0 Å². The van der Waals surface area contributed by atoms with E-state index in [1.165, 1.54) is 34.4 Å². The van der Waals surface area contributed by atoms with Crippen molar-refractivity contribution in [2.75, 3.05) is 11.1 Å². The molecule has 0 spiro atoms. The Labute approximate surface area is 132 Å². The topological polar surface area (TPSA) is 93.8 Å². The van der Waals surface area contributed by atoms with E-state index in [2.05, 4.69) is 20.5 Å². The summed E-state index contributed by atoms with van der Waals surface area (Å²) in [6.45, 7) is 0. The van der Waals surface area contributed by atoms with Crippen LogP contribution in [0.3, 0.4) is 0 Å². The van der Waals surface area contributed by atoms with Crippen LogP contribution in [0.5, 0.6) is 0 Å². The highest BCUT2D eigenvalue weighted by molar-refractivity contribution is 8.02. The molecule has 0 atom stereocenters. The van der Waals surface area contributed by atoms with Gasteiger partial charge in [0.05, 0.1) is 6.20 Å². The van der Waals surface area contributed by atoms with Gasteiger partial charge in [-0.15, -0.1) is 10.2 Å². The van der Waals surface area contributed by atoms with E-state index in [9.17, 15) is 4.79 Å². The fraction of sp³-hybridized carbons (Fsp3) is 0. The number of benzene rings is 1. The fourth-order valence-electron chi connectivity index (χ4n) is 1.47. The first-order chi connectivity index (χ1) is 10.2. The van der Waals surface area contributed by atoms with Crippen molar-refractivity contribution in [3.8, 4) is 0 Å². The standard InChI is InChI=1S/C12H9N5OS3/c13-10-16-17-12(20-10)21-11-14-6-8(19-11)15-9(18)7-4-2-1-3-5-7/h1-6H,(H2,13,16)(H,15,18). The summed E-state index contributed by atoms with van der Waals surface area (Å²) in [7, 11) is 0. The third kappa shape index (κ3) is 3.57. The van der Waals surface area contributed by atoms with Gasteiger partial charge in [-0.25, -0.2) is 4.98 Å². The number of nitrogens with zero attached hydrogens (tertiary/aromatic N) is 3. The zero-order valence-corrected chi connectivity index (χ0v) is 13.0. The number of nitrogen functional groups attached to an aromatic ring is 1. The molecule has 0 unspecified atom stereocenters. The predicted octanol–water partition coefficient (Wildman–Crippen LogP) is 2.98. The summed E-state index contributed by atoms with van der Waals surface area (Å²) in [5.74, 6) is -0.157. The highest BCUT2D eigenvalue weighted by atomic mass is 32.2. The van der Waals surface area contributed by atoms with Crippen LogP contribution in [0, 0.1) is 0 Å². The van der Waals surface area contributed by atoms with Crippen LogP contribution in [-0.4, -0.2) is 21.1 Å². The average molecular weight is 335 g/mol. The SMILES string of the molecule is Nc1nnc(Sc2ncc(NC(=O)c3ccccc3)s2)s1. The highest BCUT2D eigenvalue weighted by Gasteiger charge is 2.11. The molecule has 0 aliphatic rings. The molecule has 1 amide bonds. The molecule has 1 aromatic carbocycles. The zero-order valence-electron chi connectivity index (χ0n) is 10.5. The van der Waals surface area contributed by atoms with E-state index >= 15 is 0 Å². The maximum absolute atomic E-state index is 12.0. The van der Waals surface area contributed by atoms with Crippen molar-refractivity contribution >= 4 is 50.5 Å². The molecular weight excluding hydrogens is 326 g/mol. The Morgan fingerprint density at radius 3 is 2.67 bits per heavy atom. The molecule has 3 aromatic rings. The summed E-state index contributed by atoms with van der Waals surface area (Å²) in [6, 6.07) is 9.03. The van der Waals surface area contributed by atoms with Gasteiger partial charge in [0.2, 0.25) is 5.13 Å². The summed E-state index contributed by atoms with van der Waals surface area (Å²) < 4.78 is 1.50. The highest BCUT2D eigenvalue weighted by Crippen LogP contribution is 2.35. The third-order valence-corrected chi connectivity index (χ3v) is 5.14. The molecule has 3 rings (SSSR count). The van der Waals surface area contributed by atoms with Crippen molar-refractivity contribution < 1.29 is 4.79 Å². The quantitative estimate of drug-likeness (QED) is 0.761. The lowest BCUT2D eigenvalue weighted by molar-refractivity contribution is 0.102. The Bertz CT molecular complexity index is 755. The number of thiazole rings is 1. The lowest BCUT2D eigenvalue weighted by Crippen LogP contribution is -2.10. The van der Waals surface area contributed by atoms with Crippen LogP contribution in [0.1, 0.15) is 10.4 Å². The van der Waals surface area contributed by atoms with E-state index in [-0.39, 0.29) is 5.91 Å². The zero-order chi connectivity index (χ0) is 14.7. The van der Waals surface area contributed by atoms with E-state index < -0.39 is 0 Å². The van der Waals surface area contributed by atoms with E-state index in [1.807, 2.05) is 18.2 Å². The van der Waals surface area contributed by atoms with Gasteiger partial charge in [-0.3, -0.25) is 4.79 Å². The lowest BCUT2D eigenvalue weighted by Gasteiger charge is -2.00. The molecule has 0 aliphatic heterocycles. The van der Waals surface area contributed by atoms with Crippen LogP contribution in [0.2, 0.25) is 0 Å². The number of rotatable bonds is 4. The number of nitrogens with two attached hydrogens (primary N) is 1. The van der Waals surface area contributed by atoms with Crippen molar-refractivity contribution in [1.29, 1.82) is 0 Å². The van der Waals surface area contributed by atoms with Crippen LogP contribution in [0.4, 0.5) is 10.1 Å². The minimum absolute atomic E-state index is 0.157. The van der Waals surface area contributed by atoms with Gasteiger partial charge in [-0.1, -0.05) is 40.9 Å². The molecule has 0 fully saturated rings. The number of carbonyl (C=O) groups excluding carboxylic acids is 1. The van der Waals surface area contributed by atoms with Crippen LogP contribution in [0.15, 0.2) is 45.2 Å². The summed E-state index contributed by atoms with van der Waals surface area (Å²) >= 11 is 4.05. The Hall–Kier alpha value is -1.97. The van der Waals surface area contributed by atoms with Gasteiger partial charge in [0.25, 0.3) is 5.91 Å². The average Bonchev–Trinajstić information content (AvgIpc) is 3.09. The summed E-state index contributed by atoms with van der Waals surface area (Å²) in [6.07, 6.45) is 1.62. The molecule has 106 valence electrons. The fourth-order valence-corrected chi connectivity index (χ4v) is 4.18. The smallest absolute Gasteiger partial charge is 0.256 e. The van der Waals surface area contributed by atoms with E-state index in [1.54, 1.807) is 18.3 Å². The Kier molecular flexibility index (Phi) is 4.13. The number of amides is 1. The number of hydrogen-bond donors (Lipinski definition) is 2. The van der Waals surface area contributed by atoms with Crippen LogP contribution >= 0.6 is 34.4 Å². The first kappa shape index (κ1) is 14.0. The molecule has 9 heteroatoms. The van der Waals surface area contributed by atoms with E-state index in [4.69, 9.17) is 5.73 Å². The van der Waals surface area contributed by atoms with Gasteiger partial charge in [0.15, 0.2) is 8.68 Å². The van der Waals surface area contributed by atoms with Crippen molar-refractivity contribution in [3.63, 3.8) is 0 Å². The molecule has 3 N–H and O–H groups in total. The second-order valence-corrected chi connectivity index (χ2v) is 7.35. The molecule has 0 bridgehead atoms. The molecule has 0 aliphatic carbocycles. The second kappa shape index (κ2) is 6.20. The van der Waals surface area contributed by atoms with Gasteiger partial charge < -0.3 is 11.1 Å². The molecule has 6 nitrogen and oxygen atoms in total. The largest absolute Gasteiger partial charge is 0.374 e. The normalized spacial score (nSPS) is 10.5. The number of carbonyl (C=O) groups is 1. The number of nitrogens with one attached hydrogen (secondary N) is 1. The molecule has 21 heavy (non-hydrogen) atoms. The predicted molar refractivity (Wildman–Crippen MR) is 85.0 cm³/mol. The van der Waals surface area contributed by atoms with Crippen molar-refractivity contribution in [3.05, 3.63) is 42.1 Å². The van der Waals surface area contributed by atoms with E-state index in [0.717, 1.165) is 8.68 Å². The van der Waals surface area contributed by atoms with Gasteiger partial charge in [0.1, 0.15) is 5.00 Å². The summed E-state index contributed by atoms with van der Waals surface area (Å²) in [4.78, 5) is 16.2. The third-order valence-electron chi connectivity index (χ3n) is 2.35. The van der Waals surface area contributed by atoms with Crippen LogP contribution in [-0.2, 0) is 0 Å². The monoisotopic (exact) mass is 335 g/mol. The minimum Gasteiger partial charge on any atom is -0.374 e. The lowest BCUT2D eigenvalue weighted by atomic mass is 10.2. The molecule has 2 heterocycles. The van der Waals surface area contributed by atoms with Crippen LogP contribution < -0.4 is 11.1 Å². The van der Waals surface area contributed by atoms with Gasteiger partial charge in [-0.2, -0.15) is 0 Å². The molecule has 0 saturated heterocycles. The maximum atomic E-state index is 12.0. The van der Waals surface area contributed by atoms with Crippen LogP contribution in [0.25, 0.3) is 0 Å².